The number of piperidine rings is 1. The lowest BCUT2D eigenvalue weighted by molar-refractivity contribution is -0.385. The van der Waals surface area contributed by atoms with E-state index >= 15 is 0 Å². The van der Waals surface area contributed by atoms with Crippen LogP contribution in [-0.2, 0) is 4.74 Å². The Balaban J connectivity index is 0.00000288. The number of nitrogens with one attached hydrogen (secondary N) is 2. The molecule has 0 spiro atoms. The van der Waals surface area contributed by atoms with Gasteiger partial charge in [0.2, 0.25) is 0 Å². The summed E-state index contributed by atoms with van der Waals surface area (Å²) in [6.45, 7) is 2.57. The molecule has 2 rings (SSSR count). The Labute approximate surface area is 145 Å². The molecule has 1 amide bonds. The first-order valence-electron chi connectivity index (χ1n) is 7.39. The molecular formula is C15H21ClFN3O4. The van der Waals surface area contributed by atoms with Crippen molar-refractivity contribution in [2.45, 2.75) is 12.8 Å². The van der Waals surface area contributed by atoms with Crippen molar-refractivity contribution in [1.82, 2.24) is 10.6 Å². The van der Waals surface area contributed by atoms with Crippen LogP contribution in [0.2, 0.25) is 0 Å². The number of hydrogen-bond donors (Lipinski definition) is 2. The lowest BCUT2D eigenvalue weighted by Gasteiger charge is -2.37. The highest BCUT2D eigenvalue weighted by Crippen LogP contribution is 2.28. The Morgan fingerprint density at radius 3 is 2.67 bits per heavy atom. The summed E-state index contributed by atoms with van der Waals surface area (Å²) in [6, 6.07) is 2.85. The number of amides is 1. The summed E-state index contributed by atoms with van der Waals surface area (Å²) in [5.74, 6) is -1.33. The van der Waals surface area contributed by atoms with Gasteiger partial charge >= 0.3 is 0 Å². The molecule has 24 heavy (non-hydrogen) atoms. The van der Waals surface area contributed by atoms with Gasteiger partial charge in [0, 0.05) is 30.7 Å². The zero-order valence-electron chi connectivity index (χ0n) is 13.3. The van der Waals surface area contributed by atoms with Gasteiger partial charge in [-0.2, -0.15) is 0 Å². The summed E-state index contributed by atoms with van der Waals surface area (Å²) >= 11 is 0. The monoisotopic (exact) mass is 361 g/mol. The smallest absolute Gasteiger partial charge is 0.273 e. The molecule has 7 nitrogen and oxygen atoms in total. The van der Waals surface area contributed by atoms with Crippen LogP contribution < -0.4 is 10.6 Å². The molecule has 0 saturated carbocycles. The van der Waals surface area contributed by atoms with E-state index in [4.69, 9.17) is 4.74 Å². The van der Waals surface area contributed by atoms with Crippen LogP contribution in [0.4, 0.5) is 10.1 Å². The van der Waals surface area contributed by atoms with E-state index in [1.807, 2.05) is 0 Å². The molecular weight excluding hydrogens is 341 g/mol. The third-order valence-corrected chi connectivity index (χ3v) is 4.09. The molecule has 0 aromatic heterocycles. The maximum Gasteiger partial charge on any atom is 0.273 e. The van der Waals surface area contributed by atoms with Gasteiger partial charge in [0.15, 0.2) is 0 Å². The van der Waals surface area contributed by atoms with E-state index < -0.39 is 22.3 Å². The Morgan fingerprint density at radius 1 is 1.42 bits per heavy atom. The van der Waals surface area contributed by atoms with Crippen molar-refractivity contribution >= 4 is 24.0 Å². The molecule has 0 unspecified atom stereocenters. The second kappa shape index (κ2) is 8.91. The highest BCUT2D eigenvalue weighted by molar-refractivity contribution is 5.94. The molecule has 1 aliphatic rings. The van der Waals surface area contributed by atoms with Crippen molar-refractivity contribution in [3.63, 3.8) is 0 Å². The van der Waals surface area contributed by atoms with Gasteiger partial charge in [-0.1, -0.05) is 0 Å². The summed E-state index contributed by atoms with van der Waals surface area (Å²) in [4.78, 5) is 22.2. The van der Waals surface area contributed by atoms with E-state index in [-0.39, 0.29) is 23.4 Å². The SMILES string of the molecule is COCC1(CNC(=O)c2cc(F)cc([N+](=O)[O-])c2)CCNCC1.Cl. The summed E-state index contributed by atoms with van der Waals surface area (Å²) < 4.78 is 18.7. The first kappa shape index (κ1) is 20.3. The average Bonchev–Trinajstić information content (AvgIpc) is 2.53. The number of benzene rings is 1. The van der Waals surface area contributed by atoms with Crippen LogP contribution in [0, 0.1) is 21.3 Å². The van der Waals surface area contributed by atoms with E-state index in [2.05, 4.69) is 10.6 Å². The van der Waals surface area contributed by atoms with Crippen LogP contribution in [0.15, 0.2) is 18.2 Å². The van der Waals surface area contributed by atoms with E-state index in [9.17, 15) is 19.3 Å². The normalized spacial score (nSPS) is 16.1. The largest absolute Gasteiger partial charge is 0.384 e. The Morgan fingerprint density at radius 2 is 2.08 bits per heavy atom. The molecule has 0 radical (unpaired) electrons. The van der Waals surface area contributed by atoms with Gasteiger partial charge in [0.05, 0.1) is 17.6 Å². The minimum absolute atomic E-state index is 0. The van der Waals surface area contributed by atoms with Gasteiger partial charge in [0.25, 0.3) is 11.6 Å². The number of non-ortho nitro benzene ring substituents is 1. The molecule has 1 aliphatic heterocycles. The van der Waals surface area contributed by atoms with E-state index in [0.29, 0.717) is 13.2 Å². The van der Waals surface area contributed by atoms with Crippen molar-refractivity contribution in [2.75, 3.05) is 33.4 Å². The van der Waals surface area contributed by atoms with E-state index in [0.717, 1.165) is 44.1 Å². The number of carbonyl (C=O) groups is 1. The third kappa shape index (κ3) is 5.12. The third-order valence-electron chi connectivity index (χ3n) is 4.09. The molecule has 134 valence electrons. The zero-order valence-corrected chi connectivity index (χ0v) is 14.2. The first-order chi connectivity index (χ1) is 11.0. The van der Waals surface area contributed by atoms with Crippen LogP contribution in [-0.4, -0.2) is 44.2 Å². The summed E-state index contributed by atoms with van der Waals surface area (Å²) in [7, 11) is 1.61. The number of carbonyl (C=O) groups excluding carboxylic acids is 1. The Bertz CT molecular complexity index is 589. The fraction of sp³-hybridized carbons (Fsp3) is 0.533. The number of nitrogens with zero attached hydrogens (tertiary/aromatic N) is 1. The van der Waals surface area contributed by atoms with Crippen LogP contribution >= 0.6 is 12.4 Å². The summed E-state index contributed by atoms with van der Waals surface area (Å²) in [6.07, 6.45) is 1.70. The number of methoxy groups -OCH3 is 1. The maximum absolute atomic E-state index is 13.4. The van der Waals surface area contributed by atoms with E-state index in [1.165, 1.54) is 0 Å². The van der Waals surface area contributed by atoms with Gasteiger partial charge in [-0.25, -0.2) is 4.39 Å². The summed E-state index contributed by atoms with van der Waals surface area (Å²) in [5, 5.41) is 16.8. The topological polar surface area (TPSA) is 93.5 Å². The molecule has 1 saturated heterocycles. The first-order valence-corrected chi connectivity index (χ1v) is 7.39. The molecule has 1 aromatic carbocycles. The maximum atomic E-state index is 13.4. The molecule has 1 aromatic rings. The lowest BCUT2D eigenvalue weighted by atomic mass is 9.79. The van der Waals surface area contributed by atoms with Crippen LogP contribution in [0.25, 0.3) is 0 Å². The predicted octanol–water partition coefficient (Wildman–Crippen LogP) is 1.90. The van der Waals surface area contributed by atoms with Gasteiger partial charge in [-0.3, -0.25) is 14.9 Å². The number of halogens is 2. The molecule has 0 aliphatic carbocycles. The lowest BCUT2D eigenvalue weighted by Crippen LogP contribution is -2.47. The Kier molecular flexibility index (Phi) is 7.53. The minimum atomic E-state index is -0.808. The van der Waals surface area contributed by atoms with E-state index in [1.54, 1.807) is 7.11 Å². The second-order valence-electron chi connectivity index (χ2n) is 5.82. The summed E-state index contributed by atoms with van der Waals surface area (Å²) in [5.41, 5.74) is -0.670. The molecule has 1 fully saturated rings. The van der Waals surface area contributed by atoms with Crippen LogP contribution in [0.1, 0.15) is 23.2 Å². The number of ether oxygens (including phenoxy) is 1. The highest BCUT2D eigenvalue weighted by atomic mass is 35.5. The van der Waals surface area contributed by atoms with Crippen LogP contribution in [0.3, 0.4) is 0 Å². The Hall–Kier alpha value is -1.77. The molecule has 0 atom stereocenters. The molecule has 2 N–H and O–H groups in total. The fourth-order valence-corrected chi connectivity index (χ4v) is 2.82. The highest BCUT2D eigenvalue weighted by Gasteiger charge is 2.32. The van der Waals surface area contributed by atoms with Gasteiger partial charge in [0.1, 0.15) is 5.82 Å². The van der Waals surface area contributed by atoms with Crippen molar-refractivity contribution in [1.29, 1.82) is 0 Å². The molecule has 9 heteroatoms. The second-order valence-corrected chi connectivity index (χ2v) is 5.82. The van der Waals surface area contributed by atoms with Gasteiger partial charge < -0.3 is 15.4 Å². The number of nitro groups is 1. The molecule has 1 heterocycles. The predicted molar refractivity (Wildman–Crippen MR) is 89.0 cm³/mol. The van der Waals surface area contributed by atoms with Crippen molar-refractivity contribution in [3.05, 3.63) is 39.7 Å². The number of nitro benzene ring substituents is 1. The quantitative estimate of drug-likeness (QED) is 0.596. The van der Waals surface area contributed by atoms with Gasteiger partial charge in [-0.05, 0) is 32.0 Å². The number of rotatable bonds is 6. The van der Waals surface area contributed by atoms with Crippen LogP contribution in [0.5, 0.6) is 0 Å². The average molecular weight is 362 g/mol. The molecule has 0 bridgehead atoms. The number of hydrogen-bond acceptors (Lipinski definition) is 5. The van der Waals surface area contributed by atoms with Crippen molar-refractivity contribution in [3.8, 4) is 0 Å². The standard InChI is InChI=1S/C15H20FN3O4.ClH/c1-23-10-15(2-4-17-5-3-15)9-18-14(20)11-6-12(16)8-13(7-11)19(21)22;/h6-8,17H,2-5,9-10H2,1H3,(H,18,20);1H. The van der Waals surface area contributed by atoms with Crippen molar-refractivity contribution in [2.24, 2.45) is 5.41 Å². The van der Waals surface area contributed by atoms with Crippen molar-refractivity contribution < 1.29 is 18.8 Å². The fourth-order valence-electron chi connectivity index (χ4n) is 2.82. The minimum Gasteiger partial charge on any atom is -0.384 e. The zero-order chi connectivity index (χ0) is 16.9. The van der Waals surface area contributed by atoms with Gasteiger partial charge in [-0.15, -0.1) is 12.4 Å².